The Balaban J connectivity index is 2.85. The van der Waals surface area contributed by atoms with E-state index in [-0.39, 0.29) is 24.3 Å². The minimum Gasteiger partial charge on any atom is -0.357 e. The van der Waals surface area contributed by atoms with Gasteiger partial charge in [0.2, 0.25) is 17.7 Å². The normalized spacial score (nSPS) is 22.0. The molecular formula is C22H41N3O4. The lowest BCUT2D eigenvalue weighted by Crippen LogP contribution is -2.54. The van der Waals surface area contributed by atoms with Crippen molar-refractivity contribution in [2.24, 2.45) is 23.2 Å². The van der Waals surface area contributed by atoms with E-state index < -0.39 is 29.2 Å². The van der Waals surface area contributed by atoms with Gasteiger partial charge in [0.05, 0.1) is 0 Å². The Hall–Kier alpha value is -1.63. The number of amides is 3. The maximum Gasteiger partial charge on any atom is 0.247 e. The molecule has 29 heavy (non-hydrogen) atoms. The fourth-order valence-corrected chi connectivity index (χ4v) is 4.03. The first-order chi connectivity index (χ1) is 13.4. The predicted octanol–water partition coefficient (Wildman–Crippen LogP) is 3.11. The van der Waals surface area contributed by atoms with E-state index >= 15 is 0 Å². The zero-order valence-corrected chi connectivity index (χ0v) is 19.2. The van der Waals surface area contributed by atoms with Crippen LogP contribution in [0.25, 0.3) is 0 Å². The van der Waals surface area contributed by atoms with Gasteiger partial charge in [-0.2, -0.15) is 0 Å². The molecular weight excluding hydrogens is 370 g/mol. The lowest BCUT2D eigenvalue weighted by Gasteiger charge is -2.35. The van der Waals surface area contributed by atoms with Crippen LogP contribution in [0.1, 0.15) is 80.1 Å². The first-order valence-corrected chi connectivity index (χ1v) is 10.9. The Morgan fingerprint density at radius 1 is 1.07 bits per heavy atom. The average Bonchev–Trinajstić information content (AvgIpc) is 2.61. The molecule has 7 heteroatoms. The summed E-state index contributed by atoms with van der Waals surface area (Å²) in [7, 11) is 1.47. The molecule has 7 nitrogen and oxygen atoms in total. The van der Waals surface area contributed by atoms with Crippen LogP contribution in [-0.4, -0.2) is 47.1 Å². The van der Waals surface area contributed by atoms with Crippen molar-refractivity contribution in [1.29, 1.82) is 0 Å². The fraction of sp³-hybridized carbons (Fsp3) is 0.864. The van der Waals surface area contributed by atoms with Gasteiger partial charge in [-0.3, -0.25) is 19.6 Å². The molecule has 2 atom stereocenters. The van der Waals surface area contributed by atoms with Crippen LogP contribution in [0.2, 0.25) is 0 Å². The summed E-state index contributed by atoms with van der Waals surface area (Å²) in [6, 6.07) is -0.871. The molecule has 1 fully saturated rings. The first kappa shape index (κ1) is 25.4. The molecule has 0 bridgehead atoms. The summed E-state index contributed by atoms with van der Waals surface area (Å²) in [6.07, 6.45) is 4.56. The lowest BCUT2D eigenvalue weighted by atomic mass is 9.85. The molecule has 3 N–H and O–H groups in total. The van der Waals surface area contributed by atoms with Gasteiger partial charge >= 0.3 is 0 Å². The molecule has 168 valence electrons. The maximum absolute atomic E-state index is 12.9. The molecule has 0 saturated heterocycles. The van der Waals surface area contributed by atoms with Gasteiger partial charge < -0.3 is 10.6 Å². The van der Waals surface area contributed by atoms with Crippen molar-refractivity contribution in [1.82, 2.24) is 15.7 Å². The quantitative estimate of drug-likeness (QED) is 0.422. The number of nitrogens with zero attached hydrogens (tertiary/aromatic N) is 1. The van der Waals surface area contributed by atoms with Gasteiger partial charge in [-0.25, -0.2) is 5.06 Å². The van der Waals surface area contributed by atoms with E-state index in [2.05, 4.69) is 17.6 Å². The number of likely N-dealkylation sites (N-methyl/N-ethyl adjacent to an activating group) is 1. The van der Waals surface area contributed by atoms with Crippen molar-refractivity contribution in [3.8, 4) is 0 Å². The second-order valence-corrected chi connectivity index (χ2v) is 10.1. The molecule has 1 rings (SSSR count). The van der Waals surface area contributed by atoms with E-state index in [1.165, 1.54) is 7.05 Å². The average molecular weight is 412 g/mol. The third-order valence-corrected chi connectivity index (χ3v) is 5.73. The molecule has 0 radical (unpaired) electrons. The van der Waals surface area contributed by atoms with E-state index in [0.717, 1.165) is 25.7 Å². The number of nitrogens with one attached hydrogen (secondary N) is 2. The van der Waals surface area contributed by atoms with Crippen LogP contribution in [0.3, 0.4) is 0 Å². The van der Waals surface area contributed by atoms with E-state index in [1.807, 2.05) is 13.8 Å². The molecule has 0 aromatic rings. The topological polar surface area (TPSA) is 98.7 Å². The molecule has 0 aromatic carbocycles. The summed E-state index contributed by atoms with van der Waals surface area (Å²) in [6.45, 7) is 11.6. The van der Waals surface area contributed by atoms with Crippen LogP contribution in [0, 0.1) is 23.2 Å². The van der Waals surface area contributed by atoms with Crippen molar-refractivity contribution in [2.45, 2.75) is 92.2 Å². The van der Waals surface area contributed by atoms with Crippen molar-refractivity contribution >= 4 is 17.7 Å². The van der Waals surface area contributed by atoms with E-state index in [1.54, 1.807) is 20.8 Å². The Morgan fingerprint density at radius 3 is 2.07 bits per heavy atom. The van der Waals surface area contributed by atoms with Crippen LogP contribution in [0.5, 0.6) is 0 Å². The van der Waals surface area contributed by atoms with E-state index in [4.69, 9.17) is 0 Å². The second kappa shape index (κ2) is 11.0. The molecule has 0 aromatic heterocycles. The number of rotatable bonds is 8. The van der Waals surface area contributed by atoms with Crippen molar-refractivity contribution in [3.05, 3.63) is 0 Å². The van der Waals surface area contributed by atoms with Crippen LogP contribution < -0.4 is 10.6 Å². The summed E-state index contributed by atoms with van der Waals surface area (Å²) in [5, 5.41) is 16.7. The highest BCUT2D eigenvalue weighted by Gasteiger charge is 2.39. The Morgan fingerprint density at radius 2 is 1.62 bits per heavy atom. The van der Waals surface area contributed by atoms with Crippen LogP contribution in [0.15, 0.2) is 0 Å². The minimum atomic E-state index is -1.03. The number of hydroxylamine groups is 2. The van der Waals surface area contributed by atoms with Crippen LogP contribution in [-0.2, 0) is 14.4 Å². The zero-order chi connectivity index (χ0) is 22.4. The first-order valence-electron chi connectivity index (χ1n) is 10.9. The minimum absolute atomic E-state index is 0.118. The molecule has 1 aliphatic carbocycles. The highest BCUT2D eigenvalue weighted by molar-refractivity contribution is 5.90. The second-order valence-electron chi connectivity index (χ2n) is 10.1. The number of carbonyl (C=O) groups excluding carboxylic acids is 3. The number of carbonyl (C=O) groups is 3. The Bertz CT molecular complexity index is 563. The SMILES string of the molecule is CNC(=O)[C@@H](N(O)C(=O)C[C@H](CC(C)C)C(=O)NC1CCC(C)CC1)C(C)(C)C. The lowest BCUT2D eigenvalue weighted by molar-refractivity contribution is -0.190. The van der Waals surface area contributed by atoms with Gasteiger partial charge in [0.15, 0.2) is 0 Å². The maximum atomic E-state index is 12.9. The molecule has 0 heterocycles. The molecule has 1 aliphatic rings. The molecule has 3 amide bonds. The van der Waals surface area contributed by atoms with Gasteiger partial charge in [0.1, 0.15) is 6.04 Å². The summed E-state index contributed by atoms with van der Waals surface area (Å²) >= 11 is 0. The van der Waals surface area contributed by atoms with Crippen LogP contribution >= 0.6 is 0 Å². The third-order valence-electron chi connectivity index (χ3n) is 5.73. The molecule has 0 unspecified atom stereocenters. The number of hydrogen-bond donors (Lipinski definition) is 3. The molecule has 0 spiro atoms. The largest absolute Gasteiger partial charge is 0.357 e. The Kier molecular flexibility index (Phi) is 9.59. The van der Waals surface area contributed by atoms with Crippen LogP contribution in [0.4, 0.5) is 0 Å². The third kappa shape index (κ3) is 7.96. The smallest absolute Gasteiger partial charge is 0.247 e. The zero-order valence-electron chi connectivity index (χ0n) is 19.2. The van der Waals surface area contributed by atoms with Crippen molar-refractivity contribution in [2.75, 3.05) is 7.05 Å². The number of hydrogen-bond acceptors (Lipinski definition) is 4. The standard InChI is InChI=1S/C22H41N3O4/c1-14(2)12-16(20(27)24-17-10-8-15(3)9-11-17)13-18(26)25(29)19(21(28)23-7)22(4,5)6/h14-17,19,29H,8-13H2,1-7H3,(H,23,28)(H,24,27)/t15?,16-,17?,19+/m0/s1. The van der Waals surface area contributed by atoms with Gasteiger partial charge in [-0.1, -0.05) is 41.5 Å². The Labute approximate surface area is 175 Å². The molecule has 0 aliphatic heterocycles. The van der Waals surface area contributed by atoms with Gasteiger partial charge in [-0.15, -0.1) is 0 Å². The highest BCUT2D eigenvalue weighted by Crippen LogP contribution is 2.27. The van der Waals surface area contributed by atoms with Gasteiger partial charge in [0.25, 0.3) is 0 Å². The van der Waals surface area contributed by atoms with Gasteiger partial charge in [-0.05, 0) is 49.4 Å². The van der Waals surface area contributed by atoms with Crippen molar-refractivity contribution < 1.29 is 19.6 Å². The van der Waals surface area contributed by atoms with Gasteiger partial charge in [0, 0.05) is 25.4 Å². The molecule has 1 saturated carbocycles. The summed E-state index contributed by atoms with van der Waals surface area (Å²) in [5.74, 6) is -0.775. The summed E-state index contributed by atoms with van der Waals surface area (Å²) in [5.41, 5.74) is -0.654. The van der Waals surface area contributed by atoms with Crippen molar-refractivity contribution in [3.63, 3.8) is 0 Å². The summed E-state index contributed by atoms with van der Waals surface area (Å²) in [4.78, 5) is 37.9. The fourth-order valence-electron chi connectivity index (χ4n) is 4.03. The highest BCUT2D eigenvalue weighted by atomic mass is 16.5. The predicted molar refractivity (Wildman–Crippen MR) is 113 cm³/mol. The summed E-state index contributed by atoms with van der Waals surface area (Å²) < 4.78 is 0. The monoisotopic (exact) mass is 411 g/mol. The van der Waals surface area contributed by atoms with E-state index in [9.17, 15) is 19.6 Å². The van der Waals surface area contributed by atoms with E-state index in [0.29, 0.717) is 17.4 Å².